The molecule has 1 fully saturated rings. The maximum atomic E-state index is 11.0. The van der Waals surface area contributed by atoms with Crippen LogP contribution < -0.4 is 4.74 Å². The zero-order chi connectivity index (χ0) is 14.8. The van der Waals surface area contributed by atoms with Gasteiger partial charge in [-0.1, -0.05) is 39.0 Å². The van der Waals surface area contributed by atoms with Crippen LogP contribution in [0.2, 0.25) is 0 Å². The summed E-state index contributed by atoms with van der Waals surface area (Å²) in [5.74, 6) is -0.0315. The zero-order valence-corrected chi connectivity index (χ0v) is 12.3. The van der Waals surface area contributed by atoms with Gasteiger partial charge in [0.2, 0.25) is 0 Å². The van der Waals surface area contributed by atoms with E-state index in [0.717, 1.165) is 11.3 Å². The number of carboxylic acids is 1. The van der Waals surface area contributed by atoms with Gasteiger partial charge in [-0.05, 0) is 6.07 Å². The van der Waals surface area contributed by atoms with Crippen molar-refractivity contribution in [1.82, 2.24) is 0 Å². The second kappa shape index (κ2) is 5.44. The number of ether oxygens (including phenoxy) is 2. The van der Waals surface area contributed by atoms with Crippen LogP contribution in [-0.2, 0) is 14.9 Å². The molecule has 1 heterocycles. The molecule has 1 N–H and O–H groups in total. The van der Waals surface area contributed by atoms with E-state index in [1.165, 1.54) is 0 Å². The monoisotopic (exact) mass is 278 g/mol. The van der Waals surface area contributed by atoms with Gasteiger partial charge in [0, 0.05) is 16.4 Å². The van der Waals surface area contributed by atoms with Gasteiger partial charge in [0.1, 0.15) is 5.75 Å². The highest BCUT2D eigenvalue weighted by Gasteiger charge is 2.35. The Morgan fingerprint density at radius 1 is 1.40 bits per heavy atom. The fourth-order valence-electron chi connectivity index (χ4n) is 2.41. The van der Waals surface area contributed by atoms with Gasteiger partial charge in [-0.2, -0.15) is 0 Å². The Labute approximate surface area is 119 Å². The topological polar surface area (TPSA) is 55.8 Å². The first-order valence-electron chi connectivity index (χ1n) is 6.84. The third-order valence-corrected chi connectivity index (χ3v) is 3.69. The summed E-state index contributed by atoms with van der Waals surface area (Å²) in [6.07, 6.45) is 0.0771. The SMILES string of the molecule is CC1(COc2ccccc2C(C)(C)CC(=O)O)COC1. The maximum absolute atomic E-state index is 11.0. The van der Waals surface area contributed by atoms with Crippen molar-refractivity contribution in [1.29, 1.82) is 0 Å². The number of aliphatic carboxylic acids is 1. The molecule has 0 unspecified atom stereocenters. The highest BCUT2D eigenvalue weighted by Crippen LogP contribution is 2.35. The van der Waals surface area contributed by atoms with Gasteiger partial charge in [-0.3, -0.25) is 4.79 Å². The van der Waals surface area contributed by atoms with E-state index in [1.807, 2.05) is 38.1 Å². The van der Waals surface area contributed by atoms with Crippen LogP contribution in [0.25, 0.3) is 0 Å². The van der Waals surface area contributed by atoms with Crippen molar-refractivity contribution in [3.63, 3.8) is 0 Å². The van der Waals surface area contributed by atoms with E-state index in [0.29, 0.717) is 19.8 Å². The number of carboxylic acid groups (broad SMARTS) is 1. The minimum Gasteiger partial charge on any atom is -0.493 e. The Morgan fingerprint density at radius 2 is 2.05 bits per heavy atom. The fraction of sp³-hybridized carbons (Fsp3) is 0.562. The number of hydrogen-bond acceptors (Lipinski definition) is 3. The maximum Gasteiger partial charge on any atom is 0.304 e. The molecule has 1 aromatic rings. The van der Waals surface area contributed by atoms with Gasteiger partial charge < -0.3 is 14.6 Å². The van der Waals surface area contributed by atoms with E-state index in [9.17, 15) is 4.79 Å². The molecule has 1 aliphatic heterocycles. The average Bonchev–Trinajstić information content (AvgIpc) is 2.33. The molecule has 0 aliphatic carbocycles. The van der Waals surface area contributed by atoms with Gasteiger partial charge in [0.05, 0.1) is 26.2 Å². The van der Waals surface area contributed by atoms with Crippen molar-refractivity contribution >= 4 is 5.97 Å². The molecule has 1 aromatic carbocycles. The third kappa shape index (κ3) is 3.31. The summed E-state index contributed by atoms with van der Waals surface area (Å²) in [6.45, 7) is 8.00. The van der Waals surface area contributed by atoms with Crippen molar-refractivity contribution in [3.8, 4) is 5.75 Å². The Balaban J connectivity index is 2.15. The molecule has 1 saturated heterocycles. The first kappa shape index (κ1) is 14.9. The molecule has 0 spiro atoms. The molecular formula is C16H22O4. The molecule has 0 saturated carbocycles. The standard InChI is InChI=1S/C16H22O4/c1-15(2,8-14(17)18)12-6-4-5-7-13(12)20-11-16(3)9-19-10-16/h4-7H,8-11H2,1-3H3,(H,17,18). The molecule has 20 heavy (non-hydrogen) atoms. The molecule has 4 heteroatoms. The average molecular weight is 278 g/mol. The van der Waals surface area contributed by atoms with E-state index in [-0.39, 0.29) is 11.8 Å². The van der Waals surface area contributed by atoms with Gasteiger partial charge in [-0.15, -0.1) is 0 Å². The quantitative estimate of drug-likeness (QED) is 0.869. The van der Waals surface area contributed by atoms with Crippen LogP contribution in [0.1, 0.15) is 32.8 Å². The van der Waals surface area contributed by atoms with Crippen LogP contribution in [0.4, 0.5) is 0 Å². The largest absolute Gasteiger partial charge is 0.493 e. The first-order chi connectivity index (χ1) is 9.32. The molecule has 0 atom stereocenters. The highest BCUT2D eigenvalue weighted by molar-refractivity contribution is 5.69. The smallest absolute Gasteiger partial charge is 0.304 e. The van der Waals surface area contributed by atoms with E-state index >= 15 is 0 Å². The van der Waals surface area contributed by atoms with E-state index in [2.05, 4.69) is 6.92 Å². The summed E-state index contributed by atoms with van der Waals surface area (Å²) in [4.78, 5) is 11.0. The van der Waals surface area contributed by atoms with Crippen LogP contribution in [0.15, 0.2) is 24.3 Å². The van der Waals surface area contributed by atoms with Gasteiger partial charge in [-0.25, -0.2) is 0 Å². The Kier molecular flexibility index (Phi) is 4.04. The third-order valence-electron chi connectivity index (χ3n) is 3.69. The van der Waals surface area contributed by atoms with Crippen molar-refractivity contribution < 1.29 is 19.4 Å². The predicted molar refractivity (Wildman–Crippen MR) is 76.1 cm³/mol. The van der Waals surface area contributed by atoms with Crippen LogP contribution >= 0.6 is 0 Å². The van der Waals surface area contributed by atoms with E-state index in [1.54, 1.807) is 0 Å². The molecule has 110 valence electrons. The van der Waals surface area contributed by atoms with E-state index < -0.39 is 11.4 Å². The lowest BCUT2D eigenvalue weighted by molar-refractivity contribution is -0.138. The van der Waals surface area contributed by atoms with Crippen LogP contribution in [0.5, 0.6) is 5.75 Å². The minimum absolute atomic E-state index is 0.0735. The first-order valence-corrected chi connectivity index (χ1v) is 6.84. The molecule has 0 bridgehead atoms. The van der Waals surface area contributed by atoms with E-state index in [4.69, 9.17) is 14.6 Å². The van der Waals surface area contributed by atoms with Crippen molar-refractivity contribution in [2.24, 2.45) is 5.41 Å². The summed E-state index contributed by atoms with van der Waals surface area (Å²) >= 11 is 0. The van der Waals surface area contributed by atoms with Crippen molar-refractivity contribution in [2.45, 2.75) is 32.6 Å². The molecule has 0 aromatic heterocycles. The molecule has 0 amide bonds. The molecular weight excluding hydrogens is 256 g/mol. The minimum atomic E-state index is -0.802. The van der Waals surface area contributed by atoms with Crippen molar-refractivity contribution in [2.75, 3.05) is 19.8 Å². The number of hydrogen-bond donors (Lipinski definition) is 1. The fourth-order valence-corrected chi connectivity index (χ4v) is 2.41. The molecule has 1 aliphatic rings. The second-order valence-corrected chi connectivity index (χ2v) is 6.54. The number of para-hydroxylation sites is 1. The van der Waals surface area contributed by atoms with Gasteiger partial charge in [0.15, 0.2) is 0 Å². The van der Waals surface area contributed by atoms with Gasteiger partial charge >= 0.3 is 5.97 Å². The molecule has 0 radical (unpaired) electrons. The Morgan fingerprint density at radius 3 is 2.60 bits per heavy atom. The number of benzene rings is 1. The highest BCUT2D eigenvalue weighted by atomic mass is 16.5. The summed E-state index contributed by atoms with van der Waals surface area (Å²) in [7, 11) is 0. The van der Waals surface area contributed by atoms with Crippen LogP contribution in [0, 0.1) is 5.41 Å². The number of carbonyl (C=O) groups is 1. The number of rotatable bonds is 6. The lowest BCUT2D eigenvalue weighted by Crippen LogP contribution is -2.44. The second-order valence-electron chi connectivity index (χ2n) is 6.54. The predicted octanol–water partition coefficient (Wildman–Crippen LogP) is 2.85. The Hall–Kier alpha value is -1.55. The Bertz CT molecular complexity index is 489. The summed E-state index contributed by atoms with van der Waals surface area (Å²) < 4.78 is 11.2. The zero-order valence-electron chi connectivity index (χ0n) is 12.3. The lowest BCUT2D eigenvalue weighted by atomic mass is 9.81. The molecule has 4 nitrogen and oxygen atoms in total. The summed E-state index contributed by atoms with van der Waals surface area (Å²) in [6, 6.07) is 7.68. The normalized spacial score (nSPS) is 17.4. The molecule has 2 rings (SSSR count). The van der Waals surface area contributed by atoms with Crippen molar-refractivity contribution in [3.05, 3.63) is 29.8 Å². The lowest BCUT2D eigenvalue weighted by Gasteiger charge is -2.38. The van der Waals surface area contributed by atoms with Gasteiger partial charge in [0.25, 0.3) is 0 Å². The summed E-state index contributed by atoms with van der Waals surface area (Å²) in [5, 5.41) is 9.05. The van der Waals surface area contributed by atoms with Crippen LogP contribution in [-0.4, -0.2) is 30.9 Å². The van der Waals surface area contributed by atoms with Crippen LogP contribution in [0.3, 0.4) is 0 Å². The summed E-state index contributed by atoms with van der Waals surface area (Å²) in [5.41, 5.74) is 0.551.